The van der Waals surface area contributed by atoms with E-state index in [-0.39, 0.29) is 4.83 Å². The number of hydrogen-bond donors (Lipinski definition) is 0. The molecule has 4 nitrogen and oxygen atoms in total. The van der Waals surface area contributed by atoms with Crippen LogP contribution in [0.3, 0.4) is 0 Å². The molecule has 0 amide bonds. The number of benzene rings is 1. The third-order valence-corrected chi connectivity index (χ3v) is 3.99. The summed E-state index contributed by atoms with van der Waals surface area (Å²) >= 11 is 6.88. The topological polar surface area (TPSA) is 48.2 Å². The normalized spacial score (nSPS) is 12.4. The molecule has 0 N–H and O–H groups in total. The molecule has 2 aromatic rings. The first-order chi connectivity index (χ1) is 8.65. The van der Waals surface area contributed by atoms with E-state index in [1.54, 1.807) is 7.11 Å². The van der Waals surface area contributed by atoms with E-state index in [0.29, 0.717) is 17.5 Å². The second-order valence-electron chi connectivity index (χ2n) is 3.67. The van der Waals surface area contributed by atoms with Crippen LogP contribution in [0, 0.1) is 0 Å². The Balaban J connectivity index is 2.39. The molecule has 1 atom stereocenters. The lowest BCUT2D eigenvalue weighted by Gasteiger charge is -2.05. The molecular weight excluding hydrogens is 364 g/mol. The monoisotopic (exact) mass is 374 g/mol. The van der Waals surface area contributed by atoms with Gasteiger partial charge in [0.25, 0.3) is 5.89 Å². The standard InChI is InChI=1S/C12H12Br2N2O2/c1-3-9(14)12-16-15-11(18-12)8-5-4-7(13)6-10(8)17-2/h4-6,9H,3H2,1-2H3. The summed E-state index contributed by atoms with van der Waals surface area (Å²) in [5.41, 5.74) is 0.787. The maximum absolute atomic E-state index is 5.64. The molecule has 2 rings (SSSR count). The molecule has 0 saturated heterocycles. The van der Waals surface area contributed by atoms with Crippen molar-refractivity contribution < 1.29 is 9.15 Å². The van der Waals surface area contributed by atoms with Crippen LogP contribution in [0.25, 0.3) is 11.5 Å². The van der Waals surface area contributed by atoms with Gasteiger partial charge in [0.2, 0.25) is 5.89 Å². The van der Waals surface area contributed by atoms with Gasteiger partial charge in [0.1, 0.15) is 5.75 Å². The van der Waals surface area contributed by atoms with Crippen molar-refractivity contribution in [2.24, 2.45) is 0 Å². The highest BCUT2D eigenvalue weighted by Gasteiger charge is 2.17. The first kappa shape index (κ1) is 13.5. The summed E-state index contributed by atoms with van der Waals surface area (Å²) in [6, 6.07) is 5.66. The second kappa shape index (κ2) is 5.84. The Morgan fingerprint density at radius 3 is 2.83 bits per heavy atom. The van der Waals surface area contributed by atoms with Gasteiger partial charge in [-0.05, 0) is 24.6 Å². The van der Waals surface area contributed by atoms with E-state index in [0.717, 1.165) is 16.5 Å². The summed E-state index contributed by atoms with van der Waals surface area (Å²) in [4.78, 5) is 0.0835. The number of alkyl halides is 1. The summed E-state index contributed by atoms with van der Waals surface area (Å²) in [5, 5.41) is 8.08. The largest absolute Gasteiger partial charge is 0.496 e. The summed E-state index contributed by atoms with van der Waals surface area (Å²) in [7, 11) is 1.61. The van der Waals surface area contributed by atoms with Gasteiger partial charge in [-0.3, -0.25) is 0 Å². The van der Waals surface area contributed by atoms with Gasteiger partial charge in [-0.1, -0.05) is 38.8 Å². The number of methoxy groups -OCH3 is 1. The highest BCUT2D eigenvalue weighted by Crippen LogP contribution is 2.33. The molecule has 0 aliphatic rings. The summed E-state index contributed by atoms with van der Waals surface area (Å²) < 4.78 is 11.9. The van der Waals surface area contributed by atoms with Crippen molar-refractivity contribution in [1.29, 1.82) is 0 Å². The van der Waals surface area contributed by atoms with Crippen LogP contribution in [-0.2, 0) is 0 Å². The van der Waals surface area contributed by atoms with Gasteiger partial charge in [-0.2, -0.15) is 0 Å². The molecule has 1 aromatic heterocycles. The van der Waals surface area contributed by atoms with E-state index in [4.69, 9.17) is 9.15 Å². The smallest absolute Gasteiger partial charge is 0.251 e. The van der Waals surface area contributed by atoms with Gasteiger partial charge in [0.05, 0.1) is 17.5 Å². The molecule has 1 aromatic carbocycles. The van der Waals surface area contributed by atoms with Gasteiger partial charge in [-0.25, -0.2) is 0 Å². The SMILES string of the molecule is CCC(Br)c1nnc(-c2ccc(Br)cc2OC)o1. The first-order valence-electron chi connectivity index (χ1n) is 5.47. The molecule has 0 fully saturated rings. The van der Waals surface area contributed by atoms with E-state index >= 15 is 0 Å². The lowest BCUT2D eigenvalue weighted by Crippen LogP contribution is -1.88. The third kappa shape index (κ3) is 2.75. The fourth-order valence-corrected chi connectivity index (χ4v) is 2.01. The van der Waals surface area contributed by atoms with E-state index < -0.39 is 0 Å². The number of rotatable bonds is 4. The molecule has 0 bridgehead atoms. The fourth-order valence-electron chi connectivity index (χ4n) is 1.49. The van der Waals surface area contributed by atoms with Crippen LogP contribution in [0.1, 0.15) is 24.1 Å². The van der Waals surface area contributed by atoms with Crippen molar-refractivity contribution >= 4 is 31.9 Å². The van der Waals surface area contributed by atoms with E-state index in [2.05, 4.69) is 42.1 Å². The molecule has 96 valence electrons. The molecule has 0 spiro atoms. The summed E-state index contributed by atoms with van der Waals surface area (Å²) in [5.74, 6) is 1.74. The van der Waals surface area contributed by atoms with Crippen LogP contribution in [0.15, 0.2) is 27.1 Å². The number of nitrogens with zero attached hydrogens (tertiary/aromatic N) is 2. The number of hydrogen-bond acceptors (Lipinski definition) is 4. The average Bonchev–Trinajstić information content (AvgIpc) is 2.87. The fraction of sp³-hybridized carbons (Fsp3) is 0.333. The van der Waals surface area contributed by atoms with Crippen molar-refractivity contribution in [1.82, 2.24) is 10.2 Å². The lowest BCUT2D eigenvalue weighted by molar-refractivity contribution is 0.413. The molecule has 0 aliphatic heterocycles. The summed E-state index contributed by atoms with van der Waals surface area (Å²) in [6.45, 7) is 2.05. The van der Waals surface area contributed by atoms with Crippen molar-refractivity contribution in [3.05, 3.63) is 28.6 Å². The predicted molar refractivity (Wildman–Crippen MR) is 75.9 cm³/mol. The van der Waals surface area contributed by atoms with Gasteiger partial charge in [0, 0.05) is 4.47 Å². The number of aromatic nitrogens is 2. The van der Waals surface area contributed by atoms with Crippen LogP contribution in [-0.4, -0.2) is 17.3 Å². The second-order valence-corrected chi connectivity index (χ2v) is 5.69. The molecule has 18 heavy (non-hydrogen) atoms. The molecule has 6 heteroatoms. The highest BCUT2D eigenvalue weighted by molar-refractivity contribution is 9.10. The molecule has 1 unspecified atom stereocenters. The summed E-state index contributed by atoms with van der Waals surface area (Å²) in [6.07, 6.45) is 0.888. The van der Waals surface area contributed by atoms with E-state index in [1.807, 2.05) is 25.1 Å². The van der Waals surface area contributed by atoms with Crippen molar-refractivity contribution in [3.8, 4) is 17.2 Å². The van der Waals surface area contributed by atoms with Crippen LogP contribution >= 0.6 is 31.9 Å². The third-order valence-electron chi connectivity index (χ3n) is 2.46. The Bertz CT molecular complexity index is 543. The Morgan fingerprint density at radius 2 is 2.17 bits per heavy atom. The lowest BCUT2D eigenvalue weighted by atomic mass is 10.2. The Morgan fingerprint density at radius 1 is 1.39 bits per heavy atom. The zero-order valence-electron chi connectivity index (χ0n) is 9.98. The van der Waals surface area contributed by atoms with Gasteiger partial charge >= 0.3 is 0 Å². The molecule has 0 aliphatic carbocycles. The number of halogens is 2. The minimum Gasteiger partial charge on any atom is -0.496 e. The average molecular weight is 376 g/mol. The van der Waals surface area contributed by atoms with Crippen molar-refractivity contribution in [2.45, 2.75) is 18.2 Å². The first-order valence-corrected chi connectivity index (χ1v) is 7.18. The number of ether oxygens (including phenoxy) is 1. The van der Waals surface area contributed by atoms with Crippen LogP contribution in [0.2, 0.25) is 0 Å². The van der Waals surface area contributed by atoms with Gasteiger partial charge in [-0.15, -0.1) is 10.2 Å². The minimum atomic E-state index is 0.0835. The Labute approximate surface area is 122 Å². The van der Waals surface area contributed by atoms with Gasteiger partial charge in [0.15, 0.2) is 0 Å². The predicted octanol–water partition coefficient (Wildman–Crippen LogP) is 4.35. The maximum Gasteiger partial charge on any atom is 0.251 e. The Kier molecular flexibility index (Phi) is 4.40. The van der Waals surface area contributed by atoms with Crippen LogP contribution in [0.5, 0.6) is 5.75 Å². The zero-order chi connectivity index (χ0) is 13.1. The van der Waals surface area contributed by atoms with Crippen molar-refractivity contribution in [2.75, 3.05) is 7.11 Å². The minimum absolute atomic E-state index is 0.0835. The molecule has 0 radical (unpaired) electrons. The maximum atomic E-state index is 5.64. The zero-order valence-corrected chi connectivity index (χ0v) is 13.2. The molecule has 1 heterocycles. The van der Waals surface area contributed by atoms with Crippen LogP contribution in [0.4, 0.5) is 0 Å². The van der Waals surface area contributed by atoms with E-state index in [9.17, 15) is 0 Å². The van der Waals surface area contributed by atoms with Gasteiger partial charge < -0.3 is 9.15 Å². The molecule has 0 saturated carbocycles. The highest BCUT2D eigenvalue weighted by atomic mass is 79.9. The molecular formula is C12H12Br2N2O2. The Hall–Kier alpha value is -0.880. The quantitative estimate of drug-likeness (QED) is 0.745. The van der Waals surface area contributed by atoms with Crippen molar-refractivity contribution in [3.63, 3.8) is 0 Å². The van der Waals surface area contributed by atoms with Crippen LogP contribution < -0.4 is 4.74 Å². The van der Waals surface area contributed by atoms with E-state index in [1.165, 1.54) is 0 Å².